The van der Waals surface area contributed by atoms with Gasteiger partial charge in [-0.3, -0.25) is 9.59 Å². The molecule has 0 saturated carbocycles. The van der Waals surface area contributed by atoms with Gasteiger partial charge in [0.1, 0.15) is 6.04 Å². The largest absolute Gasteiger partial charge is 0.377 e. The molecule has 156 valence electrons. The van der Waals surface area contributed by atoms with Crippen LogP contribution in [-0.2, 0) is 35.2 Å². The lowest BCUT2D eigenvalue weighted by molar-refractivity contribution is -0.121. The third-order valence-corrected chi connectivity index (χ3v) is 6.91. The highest BCUT2D eigenvalue weighted by Gasteiger charge is 2.33. The summed E-state index contributed by atoms with van der Waals surface area (Å²) in [5.74, 6) is 1.78. The molecule has 5 rings (SSSR count). The molecule has 0 radical (unpaired) electrons. The van der Waals surface area contributed by atoms with Crippen LogP contribution < -0.4 is 10.9 Å². The molecule has 8 heteroatoms. The number of rotatable bonds is 4. The van der Waals surface area contributed by atoms with E-state index in [1.807, 2.05) is 53.8 Å². The highest BCUT2D eigenvalue weighted by molar-refractivity contribution is 7.98. The smallest absolute Gasteiger partial charge is 0.267 e. The van der Waals surface area contributed by atoms with E-state index in [2.05, 4.69) is 10.4 Å². The Labute approximate surface area is 178 Å². The van der Waals surface area contributed by atoms with Crippen molar-refractivity contribution in [3.63, 3.8) is 0 Å². The third kappa shape index (κ3) is 3.54. The van der Waals surface area contributed by atoms with Crippen LogP contribution in [0.15, 0.2) is 41.3 Å². The number of nitrogens with one attached hydrogen (secondary N) is 1. The van der Waals surface area contributed by atoms with E-state index in [1.165, 1.54) is 4.68 Å². The van der Waals surface area contributed by atoms with Crippen molar-refractivity contribution in [1.82, 2.24) is 19.7 Å². The fourth-order valence-electron chi connectivity index (χ4n) is 4.39. The number of nitrogens with zero attached hydrogens (tertiary/aromatic N) is 3. The van der Waals surface area contributed by atoms with Gasteiger partial charge in [0, 0.05) is 42.4 Å². The van der Waals surface area contributed by atoms with Crippen molar-refractivity contribution < 1.29 is 9.53 Å². The number of carbonyl (C=O) groups excluding carboxylic acids is 1. The fourth-order valence-corrected chi connectivity index (χ4v) is 5.34. The molecule has 1 N–H and O–H groups in total. The Morgan fingerprint density at radius 3 is 3.10 bits per heavy atom. The second kappa shape index (κ2) is 7.92. The van der Waals surface area contributed by atoms with Crippen LogP contribution in [0.4, 0.5) is 0 Å². The maximum absolute atomic E-state index is 12.8. The first-order chi connectivity index (χ1) is 14.6. The highest BCUT2D eigenvalue weighted by atomic mass is 32.2. The van der Waals surface area contributed by atoms with E-state index in [9.17, 15) is 9.59 Å². The number of fused-ring (bicyclic) bond motifs is 2. The van der Waals surface area contributed by atoms with Crippen LogP contribution in [0.3, 0.4) is 0 Å². The number of aromatic nitrogens is 3. The minimum Gasteiger partial charge on any atom is -0.377 e. The normalized spacial score (nSPS) is 21.0. The molecular weight excluding hydrogens is 400 g/mol. The molecule has 2 unspecified atom stereocenters. The maximum atomic E-state index is 12.8. The van der Waals surface area contributed by atoms with Crippen LogP contribution >= 0.6 is 11.8 Å². The minimum atomic E-state index is -0.283. The Morgan fingerprint density at radius 1 is 1.33 bits per heavy atom. The van der Waals surface area contributed by atoms with Crippen molar-refractivity contribution in [2.45, 2.75) is 30.7 Å². The Kier molecular flexibility index (Phi) is 5.12. The molecule has 3 aromatic rings. The first-order valence-electron chi connectivity index (χ1n) is 10.2. The average molecular weight is 425 g/mol. The van der Waals surface area contributed by atoms with E-state index in [4.69, 9.17) is 4.74 Å². The van der Waals surface area contributed by atoms with Gasteiger partial charge in [-0.15, -0.1) is 0 Å². The van der Waals surface area contributed by atoms with E-state index in [0.717, 1.165) is 45.7 Å². The molecule has 2 aliphatic heterocycles. The number of amides is 1. The molecular formula is C22H24N4O3S. The molecule has 2 aliphatic rings. The summed E-state index contributed by atoms with van der Waals surface area (Å²) in [6.07, 6.45) is 3.15. The molecule has 0 bridgehead atoms. The van der Waals surface area contributed by atoms with Crippen molar-refractivity contribution in [2.24, 2.45) is 7.05 Å². The van der Waals surface area contributed by atoms with E-state index >= 15 is 0 Å². The number of aryl methyl sites for hydroxylation is 2. The van der Waals surface area contributed by atoms with Gasteiger partial charge in [-0.1, -0.05) is 18.2 Å². The molecule has 30 heavy (non-hydrogen) atoms. The van der Waals surface area contributed by atoms with E-state index < -0.39 is 0 Å². The highest BCUT2D eigenvalue weighted by Crippen LogP contribution is 2.24. The van der Waals surface area contributed by atoms with E-state index in [-0.39, 0.29) is 30.0 Å². The number of benzene rings is 1. The van der Waals surface area contributed by atoms with Crippen molar-refractivity contribution in [1.29, 1.82) is 0 Å². The van der Waals surface area contributed by atoms with Crippen LogP contribution in [0.1, 0.15) is 22.9 Å². The van der Waals surface area contributed by atoms with Gasteiger partial charge in [-0.2, -0.15) is 16.9 Å². The summed E-state index contributed by atoms with van der Waals surface area (Å²) in [7, 11) is 1.98. The van der Waals surface area contributed by atoms with Gasteiger partial charge >= 0.3 is 0 Å². The summed E-state index contributed by atoms with van der Waals surface area (Å²) in [6.45, 7) is 0.757. The fraction of sp³-hybridized carbons (Fsp3) is 0.409. The average Bonchev–Trinajstić information content (AvgIpc) is 3.32. The van der Waals surface area contributed by atoms with Gasteiger partial charge < -0.3 is 14.6 Å². The number of para-hydroxylation sites is 1. The predicted molar refractivity (Wildman–Crippen MR) is 117 cm³/mol. The van der Waals surface area contributed by atoms with Crippen LogP contribution in [0.25, 0.3) is 10.9 Å². The van der Waals surface area contributed by atoms with Gasteiger partial charge in [0.2, 0.25) is 5.91 Å². The second-order valence-corrected chi connectivity index (χ2v) is 9.04. The lowest BCUT2D eigenvalue weighted by Crippen LogP contribution is -2.45. The van der Waals surface area contributed by atoms with Gasteiger partial charge in [0.25, 0.3) is 5.56 Å². The lowest BCUT2D eigenvalue weighted by atomic mass is 10.1. The van der Waals surface area contributed by atoms with Gasteiger partial charge in [0.15, 0.2) is 0 Å². The summed E-state index contributed by atoms with van der Waals surface area (Å²) < 4.78 is 9.18. The Hall–Kier alpha value is -2.58. The number of carbonyl (C=O) groups is 1. The predicted octanol–water partition coefficient (Wildman–Crippen LogP) is 1.82. The zero-order valence-corrected chi connectivity index (χ0v) is 17.7. The topological polar surface area (TPSA) is 78.2 Å². The number of ether oxygens (including phenoxy) is 1. The number of hydrogen-bond acceptors (Lipinski definition) is 5. The van der Waals surface area contributed by atoms with E-state index in [1.54, 1.807) is 6.07 Å². The standard InChI is InChI=1S/C22H24N4O3S/c1-25-10-14(16-4-2-3-5-19(16)25)8-21(27)23-18-11-29-12-20(18)26-22(28)9-15-13-30-7-6-17(15)24-26/h2-5,9-10,18,20H,6-8,11-13H2,1H3,(H,23,27). The Bertz CT molecular complexity index is 1170. The zero-order chi connectivity index (χ0) is 20.7. The van der Waals surface area contributed by atoms with Crippen LogP contribution in [0, 0.1) is 0 Å². The van der Waals surface area contributed by atoms with Crippen LogP contribution in [0.2, 0.25) is 0 Å². The second-order valence-electron chi connectivity index (χ2n) is 7.94. The monoisotopic (exact) mass is 424 g/mol. The first kappa shape index (κ1) is 19.4. The van der Waals surface area contributed by atoms with Crippen LogP contribution in [0.5, 0.6) is 0 Å². The zero-order valence-electron chi connectivity index (χ0n) is 16.8. The molecule has 2 atom stereocenters. The number of thioether (sulfide) groups is 1. The Balaban J connectivity index is 1.34. The van der Waals surface area contributed by atoms with Crippen molar-refractivity contribution >= 4 is 28.6 Å². The minimum absolute atomic E-state index is 0.0748. The summed E-state index contributed by atoms with van der Waals surface area (Å²) in [5.41, 5.74) is 3.98. The molecule has 1 amide bonds. The molecule has 7 nitrogen and oxygen atoms in total. The van der Waals surface area contributed by atoms with Crippen LogP contribution in [-0.4, -0.2) is 45.3 Å². The summed E-state index contributed by atoms with van der Waals surface area (Å²) in [6, 6.07) is 9.20. The lowest BCUT2D eigenvalue weighted by Gasteiger charge is -2.22. The molecule has 1 fully saturated rings. The van der Waals surface area contributed by atoms with E-state index in [0.29, 0.717) is 13.2 Å². The number of hydrogen-bond donors (Lipinski definition) is 1. The third-order valence-electron chi connectivity index (χ3n) is 5.90. The summed E-state index contributed by atoms with van der Waals surface area (Å²) in [4.78, 5) is 25.5. The maximum Gasteiger partial charge on any atom is 0.267 e. The van der Waals surface area contributed by atoms with Gasteiger partial charge in [0.05, 0.1) is 31.4 Å². The molecule has 4 heterocycles. The summed E-state index contributed by atoms with van der Waals surface area (Å²) in [5, 5.41) is 8.80. The molecule has 1 saturated heterocycles. The molecule has 0 aliphatic carbocycles. The first-order valence-corrected chi connectivity index (χ1v) is 11.3. The van der Waals surface area contributed by atoms with Crippen molar-refractivity contribution in [3.05, 3.63) is 63.7 Å². The SMILES string of the molecule is Cn1cc(CC(=O)NC2COCC2n2nc3c(cc2=O)CSCC3)c2ccccc21. The molecule has 2 aromatic heterocycles. The van der Waals surface area contributed by atoms with Gasteiger partial charge in [-0.25, -0.2) is 4.68 Å². The molecule has 1 aromatic carbocycles. The van der Waals surface area contributed by atoms with Crippen molar-refractivity contribution in [3.8, 4) is 0 Å². The van der Waals surface area contributed by atoms with Gasteiger partial charge in [-0.05, 0) is 22.9 Å². The molecule has 0 spiro atoms. The Morgan fingerprint density at radius 2 is 2.20 bits per heavy atom. The van der Waals surface area contributed by atoms with Crippen molar-refractivity contribution in [2.75, 3.05) is 19.0 Å². The quantitative estimate of drug-likeness (QED) is 0.691. The summed E-state index contributed by atoms with van der Waals surface area (Å²) >= 11 is 1.83.